The van der Waals surface area contributed by atoms with Crippen LogP contribution >= 0.6 is 0 Å². The lowest BCUT2D eigenvalue weighted by Gasteiger charge is -2.29. The molecule has 1 aliphatic rings. The molecule has 0 bridgehead atoms. The summed E-state index contributed by atoms with van der Waals surface area (Å²) in [6, 6.07) is 6.89. The summed E-state index contributed by atoms with van der Waals surface area (Å²) < 4.78 is 60.5. The number of hydrogen-bond acceptors (Lipinski definition) is 7. The number of aliphatic hydroxyl groups is 1. The summed E-state index contributed by atoms with van der Waals surface area (Å²) in [6.07, 6.45) is 4.12. The lowest BCUT2D eigenvalue weighted by atomic mass is 9.96. The number of aromatic carboxylic acids is 1. The van der Waals surface area contributed by atoms with Crippen molar-refractivity contribution in [3.8, 4) is 16.9 Å². The zero-order valence-corrected chi connectivity index (χ0v) is 24.5. The lowest BCUT2D eigenvalue weighted by molar-refractivity contribution is 0.0691. The summed E-state index contributed by atoms with van der Waals surface area (Å²) >= 11 is 0. The van der Waals surface area contributed by atoms with Gasteiger partial charge in [-0.2, -0.15) is 0 Å². The van der Waals surface area contributed by atoms with E-state index in [0.717, 1.165) is 34.1 Å². The number of halogens is 1. The van der Waals surface area contributed by atoms with Gasteiger partial charge in [-0.25, -0.2) is 21.9 Å². The van der Waals surface area contributed by atoms with E-state index < -0.39 is 36.6 Å². The number of hydrogen-bond donors (Lipinski definition) is 2. The molecule has 4 rings (SSSR count). The molecule has 214 valence electrons. The van der Waals surface area contributed by atoms with Gasteiger partial charge in [0, 0.05) is 25.8 Å². The lowest BCUT2D eigenvalue weighted by Crippen LogP contribution is -2.36. The molecular weight excluding hydrogens is 557 g/mol. The standard InChI is InChI=1S/C28H32FNO8SSi/c1-18-15-37-23-16-38-27-21(25(18)23)8-9-22(26(27)28(32)33)30(17-36-12-13-40(2,3)4)39(34,35)24-10-7-20(29)14-19(24)6-5-11-31/h5-10,14-15,31H,11-13,16-17H2,1-4H3,(H,32,33)/b6-5-. The second kappa shape index (κ2) is 11.6. The van der Waals surface area contributed by atoms with Gasteiger partial charge in [-0.3, -0.25) is 0 Å². The quantitative estimate of drug-likeness (QED) is 0.171. The van der Waals surface area contributed by atoms with E-state index >= 15 is 0 Å². The van der Waals surface area contributed by atoms with Crippen molar-refractivity contribution in [3.05, 3.63) is 70.9 Å². The highest BCUT2D eigenvalue weighted by atomic mass is 32.2. The Morgan fingerprint density at radius 1 is 1.23 bits per heavy atom. The first-order chi connectivity index (χ1) is 18.8. The van der Waals surface area contributed by atoms with Gasteiger partial charge in [0.25, 0.3) is 10.0 Å². The number of ether oxygens (including phenoxy) is 2. The highest BCUT2D eigenvalue weighted by Crippen LogP contribution is 2.46. The van der Waals surface area contributed by atoms with Crippen LogP contribution < -0.4 is 9.04 Å². The van der Waals surface area contributed by atoms with E-state index in [1.54, 1.807) is 12.3 Å². The first-order valence-electron chi connectivity index (χ1n) is 12.6. The molecule has 2 N–H and O–H groups in total. The molecule has 1 aromatic heterocycles. The summed E-state index contributed by atoms with van der Waals surface area (Å²) in [7, 11) is -6.03. The fraction of sp³-hybridized carbons (Fsp3) is 0.321. The third-order valence-corrected chi connectivity index (χ3v) is 9.95. The fourth-order valence-electron chi connectivity index (χ4n) is 4.41. The Morgan fingerprint density at radius 3 is 2.65 bits per heavy atom. The highest BCUT2D eigenvalue weighted by molar-refractivity contribution is 7.93. The molecule has 0 fully saturated rings. The summed E-state index contributed by atoms with van der Waals surface area (Å²) in [4.78, 5) is 12.4. The van der Waals surface area contributed by atoms with E-state index in [9.17, 15) is 27.8 Å². The Morgan fingerprint density at radius 2 is 1.98 bits per heavy atom. The molecule has 2 heterocycles. The van der Waals surface area contributed by atoms with Crippen molar-refractivity contribution >= 4 is 35.8 Å². The Hall–Kier alpha value is -3.45. The van der Waals surface area contributed by atoms with E-state index in [0.29, 0.717) is 16.9 Å². The van der Waals surface area contributed by atoms with Gasteiger partial charge in [-0.1, -0.05) is 31.8 Å². The number of carboxylic acids is 1. The number of carboxylic acid groups (broad SMARTS) is 1. The maximum atomic E-state index is 14.2. The minimum atomic E-state index is -4.51. The van der Waals surface area contributed by atoms with Gasteiger partial charge >= 0.3 is 5.97 Å². The largest absolute Gasteiger partial charge is 0.484 e. The van der Waals surface area contributed by atoms with E-state index in [4.69, 9.17) is 13.9 Å². The third-order valence-electron chi connectivity index (χ3n) is 6.43. The van der Waals surface area contributed by atoms with Gasteiger partial charge in [0.1, 0.15) is 36.2 Å². The van der Waals surface area contributed by atoms with Crippen molar-refractivity contribution < 1.29 is 41.7 Å². The zero-order valence-electron chi connectivity index (χ0n) is 22.7. The van der Waals surface area contributed by atoms with Crippen LogP contribution in [0.3, 0.4) is 0 Å². The molecule has 0 saturated carbocycles. The predicted octanol–water partition coefficient (Wildman–Crippen LogP) is 5.50. The average Bonchev–Trinajstić information content (AvgIpc) is 3.26. The van der Waals surface area contributed by atoms with Crippen LogP contribution in [0.25, 0.3) is 17.2 Å². The number of rotatable bonds is 11. The number of furan rings is 1. The first kappa shape index (κ1) is 29.5. The molecule has 0 saturated heterocycles. The molecule has 0 radical (unpaired) electrons. The Kier molecular flexibility index (Phi) is 8.54. The normalized spacial score (nSPS) is 13.2. The fourth-order valence-corrected chi connectivity index (χ4v) is 6.70. The van der Waals surface area contributed by atoms with Crippen LogP contribution in [0.5, 0.6) is 5.75 Å². The predicted molar refractivity (Wildman–Crippen MR) is 151 cm³/mol. The molecule has 40 heavy (non-hydrogen) atoms. The summed E-state index contributed by atoms with van der Waals surface area (Å²) in [5.41, 5.74) is 1.44. The minimum Gasteiger partial charge on any atom is -0.484 e. The number of carbonyl (C=O) groups is 1. The van der Waals surface area contributed by atoms with Crippen molar-refractivity contribution in [2.24, 2.45) is 0 Å². The molecule has 1 aliphatic heterocycles. The zero-order chi connectivity index (χ0) is 29.2. The average molecular weight is 590 g/mol. The van der Waals surface area contributed by atoms with Crippen molar-refractivity contribution in [1.82, 2.24) is 0 Å². The summed E-state index contributed by atoms with van der Waals surface area (Å²) in [6.45, 7) is 7.65. The highest BCUT2D eigenvalue weighted by Gasteiger charge is 2.35. The topological polar surface area (TPSA) is 127 Å². The number of aryl methyl sites for hydroxylation is 1. The number of fused-ring (bicyclic) bond motifs is 3. The van der Waals surface area contributed by atoms with Crippen molar-refractivity contribution in [2.75, 3.05) is 24.2 Å². The van der Waals surface area contributed by atoms with E-state index in [1.165, 1.54) is 18.2 Å². The number of sulfonamides is 1. The van der Waals surface area contributed by atoms with Crippen molar-refractivity contribution in [2.45, 2.75) is 44.1 Å². The van der Waals surface area contributed by atoms with Gasteiger partial charge < -0.3 is 24.1 Å². The maximum Gasteiger partial charge on any atom is 0.341 e. The number of nitrogens with zero attached hydrogens (tertiary/aromatic N) is 1. The molecule has 0 spiro atoms. The number of anilines is 1. The Labute approximate surface area is 233 Å². The molecule has 9 nitrogen and oxygen atoms in total. The SMILES string of the molecule is Cc1coc2c1-c1ccc(N(COCC[Si](C)(C)C)S(=O)(=O)c3ccc(F)cc3/C=C\CO)c(C(=O)O)c1OC2. The molecule has 0 atom stereocenters. The number of benzene rings is 2. The van der Waals surface area contributed by atoms with Crippen LogP contribution in [-0.4, -0.2) is 52.6 Å². The van der Waals surface area contributed by atoms with Crippen LogP contribution in [0.15, 0.2) is 52.0 Å². The molecule has 0 amide bonds. The Balaban J connectivity index is 1.89. The van der Waals surface area contributed by atoms with Crippen LogP contribution in [0.1, 0.15) is 27.2 Å². The van der Waals surface area contributed by atoms with E-state index in [-0.39, 0.29) is 47.3 Å². The van der Waals surface area contributed by atoms with Crippen LogP contribution in [-0.2, 0) is 21.4 Å². The van der Waals surface area contributed by atoms with Crippen LogP contribution in [0.2, 0.25) is 25.7 Å². The van der Waals surface area contributed by atoms with Gasteiger partial charge in [0.2, 0.25) is 0 Å². The van der Waals surface area contributed by atoms with E-state index in [1.807, 2.05) is 6.92 Å². The molecule has 12 heteroatoms. The van der Waals surface area contributed by atoms with E-state index in [2.05, 4.69) is 19.6 Å². The molecule has 2 aromatic carbocycles. The van der Waals surface area contributed by atoms with Crippen molar-refractivity contribution in [1.29, 1.82) is 0 Å². The maximum absolute atomic E-state index is 14.2. The summed E-state index contributed by atoms with van der Waals surface area (Å²) in [5, 5.41) is 19.5. The second-order valence-electron chi connectivity index (χ2n) is 10.6. The Bertz CT molecular complexity index is 1560. The summed E-state index contributed by atoms with van der Waals surface area (Å²) in [5.74, 6) is -1.50. The number of aliphatic hydroxyl groups excluding tert-OH is 1. The van der Waals surface area contributed by atoms with Gasteiger partial charge in [0.15, 0.2) is 0 Å². The minimum absolute atomic E-state index is 0.00843. The smallest absolute Gasteiger partial charge is 0.341 e. The molecule has 3 aromatic rings. The van der Waals surface area contributed by atoms with Crippen LogP contribution in [0, 0.1) is 12.7 Å². The van der Waals surface area contributed by atoms with Crippen molar-refractivity contribution in [3.63, 3.8) is 0 Å². The van der Waals surface area contributed by atoms with Gasteiger partial charge in [0.05, 0.1) is 23.5 Å². The molecule has 0 aliphatic carbocycles. The monoisotopic (exact) mass is 589 g/mol. The third kappa shape index (κ3) is 5.99. The van der Waals surface area contributed by atoms with Gasteiger partial charge in [-0.05, 0) is 54.4 Å². The molecule has 0 unspecified atom stereocenters. The van der Waals surface area contributed by atoms with Crippen LogP contribution in [0.4, 0.5) is 10.1 Å². The second-order valence-corrected chi connectivity index (χ2v) is 18.1. The molecular formula is C28H32FNO8SSi. The van der Waals surface area contributed by atoms with Gasteiger partial charge in [-0.15, -0.1) is 0 Å². The first-order valence-corrected chi connectivity index (χ1v) is 17.8.